The fraction of sp³-hybridized carbons (Fsp3) is 0.920. The number of hydrogen-bond donors (Lipinski definition) is 3. The zero-order chi connectivity index (χ0) is 22.4. The molecule has 4 N–H and O–H groups in total. The molecule has 1 heterocycles. The lowest BCUT2D eigenvalue weighted by molar-refractivity contribution is -0.217. The first-order chi connectivity index (χ1) is 14.7. The van der Waals surface area contributed by atoms with E-state index in [2.05, 4.69) is 26.1 Å². The molecule has 4 aliphatic rings. The molecule has 0 bridgehead atoms. The van der Waals surface area contributed by atoms with Crippen molar-refractivity contribution in [1.82, 2.24) is 5.32 Å². The zero-order valence-corrected chi connectivity index (χ0v) is 19.6. The number of hydrogen-bond acceptors (Lipinski definition) is 4. The number of carbonyl (C=O) groups is 2. The fourth-order valence-electron chi connectivity index (χ4n) is 8.38. The van der Waals surface area contributed by atoms with Crippen molar-refractivity contribution in [2.75, 3.05) is 13.2 Å². The number of rotatable bonds is 6. The van der Waals surface area contributed by atoms with Crippen molar-refractivity contribution in [2.24, 2.45) is 46.7 Å². The highest BCUT2D eigenvalue weighted by atomic mass is 16.5. The molecular weight excluding hydrogens is 392 g/mol. The minimum absolute atomic E-state index is 0.0342. The third-order valence-corrected chi connectivity index (χ3v) is 10.1. The van der Waals surface area contributed by atoms with Gasteiger partial charge in [0.05, 0.1) is 18.8 Å². The number of carboxylic acids is 1. The molecular formula is C25H42N2O4. The van der Waals surface area contributed by atoms with Crippen molar-refractivity contribution in [3.05, 3.63) is 0 Å². The molecule has 6 heteroatoms. The van der Waals surface area contributed by atoms with Gasteiger partial charge in [-0.1, -0.05) is 13.8 Å². The normalized spacial score (nSPS) is 45.2. The van der Waals surface area contributed by atoms with Gasteiger partial charge in [-0.3, -0.25) is 9.59 Å². The Bertz CT molecular complexity index is 699. The molecule has 0 unspecified atom stereocenters. The Morgan fingerprint density at radius 3 is 2.65 bits per heavy atom. The maximum atomic E-state index is 11.8. The predicted octanol–water partition coefficient (Wildman–Crippen LogP) is 3.58. The first kappa shape index (κ1) is 23.0. The first-order valence-electron chi connectivity index (χ1n) is 12.5. The summed E-state index contributed by atoms with van der Waals surface area (Å²) < 4.78 is 6.79. The molecule has 9 atom stereocenters. The highest BCUT2D eigenvalue weighted by Gasteiger charge is 2.61. The van der Waals surface area contributed by atoms with E-state index < -0.39 is 5.97 Å². The second-order valence-corrected chi connectivity index (χ2v) is 11.5. The molecule has 0 aromatic heterocycles. The van der Waals surface area contributed by atoms with E-state index in [-0.39, 0.29) is 30.5 Å². The lowest BCUT2D eigenvalue weighted by Gasteiger charge is -2.61. The van der Waals surface area contributed by atoms with Crippen LogP contribution in [-0.4, -0.2) is 41.8 Å². The van der Waals surface area contributed by atoms with Gasteiger partial charge in [0.25, 0.3) is 0 Å². The largest absolute Gasteiger partial charge is 0.481 e. The van der Waals surface area contributed by atoms with Crippen molar-refractivity contribution >= 4 is 11.9 Å². The number of aliphatic carboxylic acids is 1. The highest BCUT2D eigenvalue weighted by molar-refractivity contribution is 5.78. The quantitative estimate of drug-likeness (QED) is 0.593. The van der Waals surface area contributed by atoms with Gasteiger partial charge in [0.15, 0.2) is 0 Å². The van der Waals surface area contributed by atoms with Crippen LogP contribution in [0.15, 0.2) is 0 Å². The van der Waals surface area contributed by atoms with Gasteiger partial charge in [-0.25, -0.2) is 0 Å². The Balaban J connectivity index is 1.45. The van der Waals surface area contributed by atoms with E-state index >= 15 is 0 Å². The molecule has 1 aliphatic heterocycles. The van der Waals surface area contributed by atoms with Crippen LogP contribution in [0.25, 0.3) is 0 Å². The van der Waals surface area contributed by atoms with Crippen molar-refractivity contribution in [1.29, 1.82) is 0 Å². The number of carboxylic acid groups (broad SMARTS) is 1. The van der Waals surface area contributed by atoms with Crippen LogP contribution in [-0.2, 0) is 14.3 Å². The summed E-state index contributed by atoms with van der Waals surface area (Å²) in [6, 6.07) is 0.270. The molecule has 31 heavy (non-hydrogen) atoms. The number of amides is 1. The molecule has 1 saturated heterocycles. The molecule has 3 aliphatic carbocycles. The summed E-state index contributed by atoms with van der Waals surface area (Å²) in [5, 5.41) is 12.3. The Morgan fingerprint density at radius 1 is 1.16 bits per heavy atom. The topological polar surface area (TPSA) is 102 Å². The first-order valence-corrected chi connectivity index (χ1v) is 12.5. The van der Waals surface area contributed by atoms with Crippen molar-refractivity contribution in [3.63, 3.8) is 0 Å². The second-order valence-electron chi connectivity index (χ2n) is 11.5. The lowest BCUT2D eigenvalue weighted by atomic mass is 9.48. The molecule has 1 amide bonds. The van der Waals surface area contributed by atoms with Gasteiger partial charge >= 0.3 is 5.97 Å². The van der Waals surface area contributed by atoms with Gasteiger partial charge in [-0.15, -0.1) is 0 Å². The number of nitrogens with two attached hydrogens (primary N) is 1. The zero-order valence-electron chi connectivity index (χ0n) is 19.6. The van der Waals surface area contributed by atoms with Crippen LogP contribution in [0, 0.1) is 40.9 Å². The molecule has 6 nitrogen and oxygen atoms in total. The van der Waals surface area contributed by atoms with E-state index in [1.54, 1.807) is 0 Å². The van der Waals surface area contributed by atoms with Crippen LogP contribution in [0.4, 0.5) is 0 Å². The smallest absolute Gasteiger partial charge is 0.303 e. The molecule has 176 valence electrons. The Hall–Kier alpha value is -1.14. The number of ether oxygens (including phenoxy) is 1. The minimum atomic E-state index is -0.694. The van der Waals surface area contributed by atoms with Crippen molar-refractivity contribution < 1.29 is 19.4 Å². The molecule has 0 aromatic rings. The Morgan fingerprint density at radius 2 is 1.94 bits per heavy atom. The van der Waals surface area contributed by atoms with Crippen LogP contribution in [0.1, 0.15) is 78.6 Å². The third kappa shape index (κ3) is 4.03. The number of fused-ring (bicyclic) bond motifs is 5. The van der Waals surface area contributed by atoms with Crippen LogP contribution >= 0.6 is 0 Å². The SMILES string of the molecule is C[C@H](CCC(=O)O)[C@H]1CC[C@H]2[C@@H]3CC[C@@H]4C[C@@H](NC(=O)CN)CC[C@]4(C)[C@H]3CO[C@]12C. The van der Waals surface area contributed by atoms with Crippen LogP contribution < -0.4 is 11.1 Å². The maximum absolute atomic E-state index is 11.8. The number of carbonyl (C=O) groups excluding carboxylic acids is 1. The summed E-state index contributed by atoms with van der Waals surface area (Å²) in [7, 11) is 0. The number of nitrogens with one attached hydrogen (secondary N) is 1. The van der Waals surface area contributed by atoms with Crippen LogP contribution in [0.5, 0.6) is 0 Å². The Labute approximate surface area is 187 Å². The summed E-state index contributed by atoms with van der Waals surface area (Å²) >= 11 is 0. The van der Waals surface area contributed by atoms with Gasteiger partial charge in [0.1, 0.15) is 0 Å². The van der Waals surface area contributed by atoms with Gasteiger partial charge in [-0.05, 0) is 99.2 Å². The van der Waals surface area contributed by atoms with Gasteiger partial charge in [-0.2, -0.15) is 0 Å². The second kappa shape index (κ2) is 8.66. The standard InChI is InChI=1S/C25H42N2O4/c1-15(4-9-23(29)30)19-7-8-20-18-6-5-16-12-17(27-22(28)13-26)10-11-24(16,2)21(18)14-31-25(19,20)3/h15-21H,4-14,26H2,1-3H3,(H,27,28)(H,29,30)/t15-,16-,17+,18+,19-,20+,21+,24+,25-/m1/s1. The summed E-state index contributed by atoms with van der Waals surface area (Å²) in [6.07, 6.45) is 9.16. The van der Waals surface area contributed by atoms with E-state index in [1.807, 2.05) is 0 Å². The minimum Gasteiger partial charge on any atom is -0.481 e. The lowest BCUT2D eigenvalue weighted by Crippen LogP contribution is -2.60. The molecule has 3 saturated carbocycles. The van der Waals surface area contributed by atoms with E-state index in [0.29, 0.717) is 40.9 Å². The molecule has 4 rings (SSSR count). The van der Waals surface area contributed by atoms with E-state index in [4.69, 9.17) is 15.6 Å². The maximum Gasteiger partial charge on any atom is 0.303 e. The average molecular weight is 435 g/mol. The molecule has 0 spiro atoms. The molecule has 4 fully saturated rings. The van der Waals surface area contributed by atoms with Crippen molar-refractivity contribution in [3.8, 4) is 0 Å². The fourth-order valence-corrected chi connectivity index (χ4v) is 8.38. The summed E-state index contributed by atoms with van der Waals surface area (Å²) in [4.78, 5) is 22.9. The Kier molecular flexibility index (Phi) is 6.43. The summed E-state index contributed by atoms with van der Waals surface area (Å²) in [5.74, 6) is 2.67. The van der Waals surface area contributed by atoms with E-state index in [0.717, 1.165) is 32.3 Å². The van der Waals surface area contributed by atoms with Crippen LogP contribution in [0.3, 0.4) is 0 Å². The van der Waals surface area contributed by atoms with Gasteiger partial charge < -0.3 is 20.9 Å². The summed E-state index contributed by atoms with van der Waals surface area (Å²) in [6.45, 7) is 7.96. The van der Waals surface area contributed by atoms with E-state index in [9.17, 15) is 9.59 Å². The monoisotopic (exact) mass is 434 g/mol. The van der Waals surface area contributed by atoms with Gasteiger partial charge in [0.2, 0.25) is 5.91 Å². The highest BCUT2D eigenvalue weighted by Crippen LogP contribution is 2.64. The third-order valence-electron chi connectivity index (χ3n) is 10.1. The predicted molar refractivity (Wildman–Crippen MR) is 119 cm³/mol. The molecule has 0 aromatic carbocycles. The van der Waals surface area contributed by atoms with Crippen LogP contribution in [0.2, 0.25) is 0 Å². The van der Waals surface area contributed by atoms with Gasteiger partial charge in [0, 0.05) is 12.5 Å². The van der Waals surface area contributed by atoms with Crippen molar-refractivity contribution in [2.45, 2.75) is 90.2 Å². The molecule has 0 radical (unpaired) electrons. The van der Waals surface area contributed by atoms with E-state index in [1.165, 1.54) is 25.7 Å². The average Bonchev–Trinajstić information content (AvgIpc) is 3.09. The summed E-state index contributed by atoms with van der Waals surface area (Å²) in [5.41, 5.74) is 5.69.